The first-order valence-electron chi connectivity index (χ1n) is 8.40. The Kier molecular flexibility index (Phi) is 5.45. The molecule has 3 rings (SSSR count). The zero-order valence-corrected chi connectivity index (χ0v) is 15.9. The standard InChI is InChI=1S/C18H20N2O6S/c1-13-9-14(2)11-16(10-13)26-17-4-3-15(20(21)22)12-18(17)27(23,24)19-5-7-25-8-6-19/h3-4,9-12H,5-8H2,1-2H3. The molecule has 0 amide bonds. The van der Waals surface area contributed by atoms with E-state index in [0.29, 0.717) is 5.75 Å². The Bertz CT molecular complexity index is 948. The maximum atomic E-state index is 13.1. The minimum absolute atomic E-state index is 0.0529. The van der Waals surface area contributed by atoms with Crippen molar-refractivity contribution in [3.05, 3.63) is 57.6 Å². The van der Waals surface area contributed by atoms with Crippen LogP contribution in [0.3, 0.4) is 0 Å². The van der Waals surface area contributed by atoms with E-state index in [4.69, 9.17) is 9.47 Å². The monoisotopic (exact) mass is 392 g/mol. The molecule has 0 bridgehead atoms. The molecule has 0 atom stereocenters. The van der Waals surface area contributed by atoms with Gasteiger partial charge in [-0.15, -0.1) is 0 Å². The van der Waals surface area contributed by atoms with Crippen LogP contribution in [0.5, 0.6) is 11.5 Å². The van der Waals surface area contributed by atoms with Crippen LogP contribution in [-0.4, -0.2) is 43.9 Å². The predicted molar refractivity (Wildman–Crippen MR) is 98.7 cm³/mol. The first kappa shape index (κ1) is 19.3. The smallest absolute Gasteiger partial charge is 0.271 e. The summed E-state index contributed by atoms with van der Waals surface area (Å²) in [5.74, 6) is 0.525. The average molecular weight is 392 g/mol. The van der Waals surface area contributed by atoms with Crippen molar-refractivity contribution >= 4 is 15.7 Å². The highest BCUT2D eigenvalue weighted by molar-refractivity contribution is 7.89. The SMILES string of the molecule is Cc1cc(C)cc(Oc2ccc([N+](=O)[O-])cc2S(=O)(=O)N2CCOCC2)c1. The molecule has 0 spiro atoms. The zero-order valence-electron chi connectivity index (χ0n) is 15.0. The van der Waals surface area contributed by atoms with Crippen LogP contribution in [0.2, 0.25) is 0 Å². The number of hydrogen-bond acceptors (Lipinski definition) is 6. The van der Waals surface area contributed by atoms with Gasteiger partial charge in [0.1, 0.15) is 16.4 Å². The maximum Gasteiger partial charge on any atom is 0.271 e. The van der Waals surface area contributed by atoms with Crippen LogP contribution < -0.4 is 4.74 Å². The van der Waals surface area contributed by atoms with Gasteiger partial charge in [-0.3, -0.25) is 10.1 Å². The Labute approximate surface area is 157 Å². The van der Waals surface area contributed by atoms with Crippen LogP contribution in [0.4, 0.5) is 5.69 Å². The number of non-ortho nitro benzene ring substituents is 1. The zero-order chi connectivity index (χ0) is 19.6. The normalized spacial score (nSPS) is 15.5. The summed E-state index contributed by atoms with van der Waals surface area (Å²) in [7, 11) is -3.97. The largest absolute Gasteiger partial charge is 0.456 e. The summed E-state index contributed by atoms with van der Waals surface area (Å²) in [5, 5.41) is 11.2. The third-order valence-corrected chi connectivity index (χ3v) is 6.07. The van der Waals surface area contributed by atoms with E-state index >= 15 is 0 Å². The topological polar surface area (TPSA) is 99.0 Å². The van der Waals surface area contributed by atoms with E-state index in [1.165, 1.54) is 16.4 Å². The quantitative estimate of drug-likeness (QED) is 0.573. The molecule has 0 unspecified atom stereocenters. The predicted octanol–water partition coefficient (Wildman–Crippen LogP) is 3.02. The van der Waals surface area contributed by atoms with Gasteiger partial charge in [0.2, 0.25) is 10.0 Å². The van der Waals surface area contributed by atoms with Crippen molar-refractivity contribution in [3.63, 3.8) is 0 Å². The molecule has 1 aliphatic heterocycles. The number of sulfonamides is 1. The molecule has 0 N–H and O–H groups in total. The summed E-state index contributed by atoms with van der Waals surface area (Å²) in [6.07, 6.45) is 0. The lowest BCUT2D eigenvalue weighted by Gasteiger charge is -2.26. The highest BCUT2D eigenvalue weighted by Crippen LogP contribution is 2.34. The Hall–Kier alpha value is -2.49. The maximum absolute atomic E-state index is 13.1. The van der Waals surface area contributed by atoms with Crippen LogP contribution >= 0.6 is 0 Å². The van der Waals surface area contributed by atoms with Gasteiger partial charge in [-0.25, -0.2) is 8.42 Å². The van der Waals surface area contributed by atoms with Gasteiger partial charge < -0.3 is 9.47 Å². The molecule has 0 aliphatic carbocycles. The van der Waals surface area contributed by atoms with Gasteiger partial charge in [0, 0.05) is 25.2 Å². The number of benzene rings is 2. The van der Waals surface area contributed by atoms with Crippen LogP contribution in [0.1, 0.15) is 11.1 Å². The van der Waals surface area contributed by atoms with Crippen LogP contribution in [0.25, 0.3) is 0 Å². The van der Waals surface area contributed by atoms with Gasteiger partial charge in [0.25, 0.3) is 5.69 Å². The first-order chi connectivity index (χ1) is 12.8. The molecule has 0 aromatic heterocycles. The number of nitro groups is 1. The van der Waals surface area contributed by atoms with E-state index in [1.807, 2.05) is 19.9 Å². The van der Waals surface area contributed by atoms with Crippen LogP contribution in [0, 0.1) is 24.0 Å². The Morgan fingerprint density at radius 3 is 2.30 bits per heavy atom. The summed E-state index contributed by atoms with van der Waals surface area (Å²) < 4.78 is 38.4. The summed E-state index contributed by atoms with van der Waals surface area (Å²) in [6.45, 7) is 4.74. The number of nitro benzene ring substituents is 1. The summed E-state index contributed by atoms with van der Waals surface area (Å²) in [6, 6.07) is 9.12. The molecule has 8 nitrogen and oxygen atoms in total. The fourth-order valence-corrected chi connectivity index (χ4v) is 4.48. The number of hydrogen-bond donors (Lipinski definition) is 0. The third kappa shape index (κ3) is 4.26. The number of morpholine rings is 1. The molecule has 1 aliphatic rings. The van der Waals surface area contributed by atoms with Gasteiger partial charge in [0.15, 0.2) is 0 Å². The summed E-state index contributed by atoms with van der Waals surface area (Å²) in [4.78, 5) is 10.3. The molecular formula is C18H20N2O6S. The number of aryl methyl sites for hydroxylation is 2. The van der Waals surface area contributed by atoms with Crippen LogP contribution in [-0.2, 0) is 14.8 Å². The lowest BCUT2D eigenvalue weighted by Crippen LogP contribution is -2.40. The third-order valence-electron chi connectivity index (χ3n) is 4.15. The van der Waals surface area contributed by atoms with Crippen molar-refractivity contribution in [2.75, 3.05) is 26.3 Å². The van der Waals surface area contributed by atoms with E-state index in [1.54, 1.807) is 12.1 Å². The van der Waals surface area contributed by atoms with E-state index < -0.39 is 14.9 Å². The summed E-state index contributed by atoms with van der Waals surface area (Å²) >= 11 is 0. The van der Waals surface area contributed by atoms with Gasteiger partial charge in [-0.1, -0.05) is 6.07 Å². The molecule has 1 saturated heterocycles. The molecule has 2 aromatic carbocycles. The fraction of sp³-hybridized carbons (Fsp3) is 0.333. The van der Waals surface area contributed by atoms with Crippen molar-refractivity contribution < 1.29 is 22.8 Å². The molecule has 9 heteroatoms. The summed E-state index contributed by atoms with van der Waals surface area (Å²) in [5.41, 5.74) is 1.61. The second-order valence-electron chi connectivity index (χ2n) is 6.33. The van der Waals surface area contributed by atoms with Crippen molar-refractivity contribution in [2.24, 2.45) is 0 Å². The highest BCUT2D eigenvalue weighted by atomic mass is 32.2. The second-order valence-corrected chi connectivity index (χ2v) is 8.24. The van der Waals surface area contributed by atoms with Crippen molar-refractivity contribution in [1.29, 1.82) is 0 Å². The Morgan fingerprint density at radius 1 is 1.07 bits per heavy atom. The minimum Gasteiger partial charge on any atom is -0.456 e. The lowest BCUT2D eigenvalue weighted by atomic mass is 10.1. The van der Waals surface area contributed by atoms with Gasteiger partial charge in [0.05, 0.1) is 18.1 Å². The average Bonchev–Trinajstić information content (AvgIpc) is 2.61. The van der Waals surface area contributed by atoms with Crippen molar-refractivity contribution in [3.8, 4) is 11.5 Å². The van der Waals surface area contributed by atoms with Crippen molar-refractivity contribution in [2.45, 2.75) is 18.7 Å². The van der Waals surface area contributed by atoms with E-state index in [-0.39, 0.29) is 42.6 Å². The molecule has 144 valence electrons. The highest BCUT2D eigenvalue weighted by Gasteiger charge is 2.31. The van der Waals surface area contributed by atoms with E-state index in [9.17, 15) is 18.5 Å². The second kappa shape index (κ2) is 7.63. The first-order valence-corrected chi connectivity index (χ1v) is 9.84. The molecule has 0 saturated carbocycles. The molecule has 0 radical (unpaired) electrons. The minimum atomic E-state index is -3.97. The van der Waals surface area contributed by atoms with Crippen molar-refractivity contribution in [1.82, 2.24) is 4.31 Å². The molecule has 1 heterocycles. The van der Waals surface area contributed by atoms with E-state index in [2.05, 4.69) is 0 Å². The number of ether oxygens (including phenoxy) is 2. The van der Waals surface area contributed by atoms with Gasteiger partial charge >= 0.3 is 0 Å². The molecule has 27 heavy (non-hydrogen) atoms. The molecule has 1 fully saturated rings. The molecular weight excluding hydrogens is 372 g/mol. The number of rotatable bonds is 5. The lowest BCUT2D eigenvalue weighted by molar-refractivity contribution is -0.385. The fourth-order valence-electron chi connectivity index (χ4n) is 2.94. The Morgan fingerprint density at radius 2 is 1.70 bits per heavy atom. The Balaban J connectivity index is 2.06. The van der Waals surface area contributed by atoms with Gasteiger partial charge in [-0.2, -0.15) is 4.31 Å². The molecule has 2 aromatic rings. The van der Waals surface area contributed by atoms with Crippen LogP contribution in [0.15, 0.2) is 41.3 Å². The van der Waals surface area contributed by atoms with E-state index in [0.717, 1.165) is 17.2 Å². The number of nitrogens with zero attached hydrogens (tertiary/aromatic N) is 2. The van der Waals surface area contributed by atoms with Gasteiger partial charge in [-0.05, 0) is 43.2 Å².